The van der Waals surface area contributed by atoms with Crippen molar-refractivity contribution in [3.8, 4) is 22.5 Å². The molecule has 164 valence electrons. The third-order valence-corrected chi connectivity index (χ3v) is 5.37. The molecular formula is C25H27ClO5. The van der Waals surface area contributed by atoms with Gasteiger partial charge in [-0.05, 0) is 47.9 Å². The number of rotatable bonds is 2. The first-order valence-electron chi connectivity index (χ1n) is 10.3. The molecule has 3 aromatic rings. The van der Waals surface area contributed by atoms with E-state index in [0.29, 0.717) is 0 Å². The quantitative estimate of drug-likeness (QED) is 0.566. The average molecular weight is 443 g/mol. The molecule has 0 atom stereocenters. The van der Waals surface area contributed by atoms with Crippen molar-refractivity contribution in [1.82, 2.24) is 0 Å². The highest BCUT2D eigenvalue weighted by molar-refractivity contribution is 5.73. The van der Waals surface area contributed by atoms with Gasteiger partial charge < -0.3 is 0 Å². The van der Waals surface area contributed by atoms with E-state index in [-0.39, 0.29) is 5.41 Å². The number of benzene rings is 2. The second-order valence-electron chi connectivity index (χ2n) is 8.70. The van der Waals surface area contributed by atoms with Gasteiger partial charge in [0.05, 0.1) is 23.6 Å². The smallest absolute Gasteiger partial charge is 0.222 e. The van der Waals surface area contributed by atoms with Crippen molar-refractivity contribution in [2.75, 3.05) is 0 Å². The van der Waals surface area contributed by atoms with Crippen LogP contribution in [-0.4, -0.2) is 0 Å². The fourth-order valence-corrected chi connectivity index (χ4v) is 3.81. The molecule has 4 rings (SSSR count). The molecule has 0 aliphatic heterocycles. The molecule has 0 N–H and O–H groups in total. The molecule has 1 aliphatic carbocycles. The van der Waals surface area contributed by atoms with E-state index in [9.17, 15) is 0 Å². The van der Waals surface area contributed by atoms with E-state index in [1.807, 2.05) is 6.07 Å². The minimum absolute atomic E-state index is 0.180. The van der Waals surface area contributed by atoms with Crippen LogP contribution in [0.25, 0.3) is 22.5 Å². The van der Waals surface area contributed by atoms with Crippen LogP contribution in [0.3, 0.4) is 0 Å². The summed E-state index contributed by atoms with van der Waals surface area (Å²) in [7, 11) is -4.94. The summed E-state index contributed by atoms with van der Waals surface area (Å²) < 4.78 is 40.3. The second kappa shape index (κ2) is 9.47. The first-order valence-corrected chi connectivity index (χ1v) is 11.5. The summed E-state index contributed by atoms with van der Waals surface area (Å²) in [6.45, 7) is 6.79. The van der Waals surface area contributed by atoms with Crippen LogP contribution >= 0.6 is 0 Å². The molecule has 0 bridgehead atoms. The van der Waals surface area contributed by atoms with Gasteiger partial charge in [0.15, 0.2) is 0 Å². The van der Waals surface area contributed by atoms with Gasteiger partial charge in [-0.25, -0.2) is 23.1 Å². The van der Waals surface area contributed by atoms with Crippen LogP contribution in [0.15, 0.2) is 65.1 Å². The van der Waals surface area contributed by atoms with Crippen molar-refractivity contribution in [1.29, 1.82) is 0 Å². The lowest BCUT2D eigenvalue weighted by Gasteiger charge is -2.19. The lowest BCUT2D eigenvalue weighted by molar-refractivity contribution is -2.00. The molecule has 6 heteroatoms. The van der Waals surface area contributed by atoms with E-state index >= 15 is 0 Å². The van der Waals surface area contributed by atoms with Crippen molar-refractivity contribution in [3.05, 3.63) is 77.6 Å². The Morgan fingerprint density at radius 2 is 1.35 bits per heavy atom. The van der Waals surface area contributed by atoms with Crippen LogP contribution in [0.4, 0.5) is 0 Å². The molecular weight excluding hydrogens is 416 g/mol. The van der Waals surface area contributed by atoms with Crippen molar-refractivity contribution in [3.63, 3.8) is 0 Å². The van der Waals surface area contributed by atoms with Crippen molar-refractivity contribution in [2.24, 2.45) is 0 Å². The Morgan fingerprint density at radius 1 is 0.774 bits per heavy atom. The number of hydrogen-bond acceptors (Lipinski definition) is 4. The molecule has 31 heavy (non-hydrogen) atoms. The largest absolute Gasteiger partial charge is 0.360 e. The van der Waals surface area contributed by atoms with E-state index in [1.165, 1.54) is 40.9 Å². The Morgan fingerprint density at radius 3 is 1.94 bits per heavy atom. The molecule has 0 saturated heterocycles. The summed E-state index contributed by atoms with van der Waals surface area (Å²) in [5.74, 6) is 2.15. The fraction of sp³-hybridized carbons (Fsp3) is 0.320. The summed E-state index contributed by atoms with van der Waals surface area (Å²) in [5, 5.41) is 0. The van der Waals surface area contributed by atoms with Gasteiger partial charge in [-0.15, -0.1) is 10.2 Å². The van der Waals surface area contributed by atoms with Crippen LogP contribution in [0.2, 0.25) is 0 Å². The summed E-state index contributed by atoms with van der Waals surface area (Å²) in [6, 6.07) is 21.8. The van der Waals surface area contributed by atoms with E-state index in [1.54, 1.807) is 0 Å². The lowest BCUT2D eigenvalue weighted by atomic mass is 9.85. The SMILES string of the molecule is CC(C)(C)c1ccc(-c2cc(-c3ccccc3)[o+]c3c2CCCC3)cc1.[O-][Cl+3]([O-])([O-])[O-]. The molecule has 1 heterocycles. The Labute approximate surface area is 185 Å². The Kier molecular flexibility index (Phi) is 7.14. The molecule has 0 spiro atoms. The summed E-state index contributed by atoms with van der Waals surface area (Å²) >= 11 is 0. The molecule has 1 aromatic heterocycles. The van der Waals surface area contributed by atoms with Crippen LogP contribution < -0.4 is 18.6 Å². The maximum atomic E-state index is 8.49. The van der Waals surface area contributed by atoms with Crippen LogP contribution in [0, 0.1) is 10.2 Å². The zero-order valence-corrected chi connectivity index (χ0v) is 18.8. The molecule has 0 unspecified atom stereocenters. The first-order chi connectivity index (χ1) is 14.5. The second-order valence-corrected chi connectivity index (χ2v) is 9.46. The van der Waals surface area contributed by atoms with Gasteiger partial charge in [-0.2, -0.15) is 0 Å². The minimum atomic E-state index is -4.94. The van der Waals surface area contributed by atoms with Crippen molar-refractivity contribution >= 4 is 0 Å². The van der Waals surface area contributed by atoms with Crippen LogP contribution in [0.1, 0.15) is 50.5 Å². The third-order valence-electron chi connectivity index (χ3n) is 5.37. The Balaban J connectivity index is 0.000000491. The predicted molar refractivity (Wildman–Crippen MR) is 109 cm³/mol. The molecule has 0 radical (unpaired) electrons. The van der Waals surface area contributed by atoms with Crippen molar-refractivity contribution in [2.45, 2.75) is 51.9 Å². The van der Waals surface area contributed by atoms with E-state index in [0.717, 1.165) is 24.2 Å². The monoisotopic (exact) mass is 442 g/mol. The van der Waals surface area contributed by atoms with Gasteiger partial charge in [-0.3, -0.25) is 0 Å². The highest BCUT2D eigenvalue weighted by Crippen LogP contribution is 2.37. The number of halogens is 1. The van der Waals surface area contributed by atoms with Gasteiger partial charge >= 0.3 is 11.5 Å². The average Bonchev–Trinajstić information content (AvgIpc) is 2.72. The summed E-state index contributed by atoms with van der Waals surface area (Å²) in [6.07, 6.45) is 4.63. The Hall–Kier alpha value is -2.28. The zero-order valence-electron chi connectivity index (χ0n) is 18.0. The topological polar surface area (TPSA) is 104 Å². The number of hydrogen-bond donors (Lipinski definition) is 0. The van der Waals surface area contributed by atoms with E-state index in [4.69, 9.17) is 23.1 Å². The molecule has 0 saturated carbocycles. The number of aryl methyl sites for hydroxylation is 1. The van der Waals surface area contributed by atoms with Crippen LogP contribution in [-0.2, 0) is 18.3 Å². The molecule has 2 aromatic carbocycles. The van der Waals surface area contributed by atoms with E-state index in [2.05, 4.69) is 75.4 Å². The Bertz CT molecular complexity index is 997. The molecule has 0 amide bonds. The first kappa shape index (κ1) is 23.4. The highest BCUT2D eigenvalue weighted by atomic mass is 35.7. The maximum Gasteiger partial charge on any atom is 0.360 e. The molecule has 1 aliphatic rings. The predicted octanol–water partition coefficient (Wildman–Crippen LogP) is 2.32. The van der Waals surface area contributed by atoms with Gasteiger partial charge in [0.2, 0.25) is 0 Å². The van der Waals surface area contributed by atoms with Gasteiger partial charge in [0.1, 0.15) is 0 Å². The maximum absolute atomic E-state index is 8.49. The third kappa shape index (κ3) is 6.60. The van der Waals surface area contributed by atoms with Crippen LogP contribution in [0.5, 0.6) is 0 Å². The minimum Gasteiger partial charge on any atom is -0.222 e. The van der Waals surface area contributed by atoms with Gasteiger partial charge in [-0.1, -0.05) is 63.2 Å². The van der Waals surface area contributed by atoms with E-state index < -0.39 is 10.2 Å². The zero-order chi connectivity index (χ0) is 22.6. The fourth-order valence-electron chi connectivity index (χ4n) is 3.81. The summed E-state index contributed by atoms with van der Waals surface area (Å²) in [5.41, 5.74) is 6.74. The number of fused-ring (bicyclic) bond motifs is 1. The van der Waals surface area contributed by atoms with Gasteiger partial charge in [0, 0.05) is 5.56 Å². The summed E-state index contributed by atoms with van der Waals surface area (Å²) in [4.78, 5) is 0. The molecule has 5 nitrogen and oxygen atoms in total. The normalized spacial score (nSPS) is 13.8. The highest BCUT2D eigenvalue weighted by Gasteiger charge is 2.28. The van der Waals surface area contributed by atoms with Crippen molar-refractivity contribution < 1.29 is 33.3 Å². The molecule has 0 fully saturated rings. The lowest BCUT2D eigenvalue weighted by Crippen LogP contribution is -2.68. The standard InChI is InChI=1S/C25H27O.ClHO4/c1-25(2,3)20-15-13-18(14-16-20)22-17-24(19-9-5-4-6-10-19)26-23-12-8-7-11-21(22)23;2-1(3,4)5/h4-6,9-10,13-17H,7-8,11-12H2,1-3H3;(H,2,3,4,5)/q+1;/p-1. The van der Waals surface area contributed by atoms with Gasteiger partial charge in [0.25, 0.3) is 0 Å².